The zero-order valence-electron chi connectivity index (χ0n) is 30.8. The molecular weight excluding hydrogens is 823 g/mol. The van der Waals surface area contributed by atoms with E-state index in [0.717, 1.165) is 0 Å². The van der Waals surface area contributed by atoms with Crippen molar-refractivity contribution in [2.24, 2.45) is 0 Å². The zero-order chi connectivity index (χ0) is 38.3. The molecule has 1 heterocycles. The van der Waals surface area contributed by atoms with Gasteiger partial charge in [-0.15, -0.1) is 5.06 Å². The van der Waals surface area contributed by atoms with Crippen LogP contribution in [0.1, 0.15) is 19.3 Å². The molecule has 0 bridgehead atoms. The molecule has 3 amide bonds. The molecule has 310 valence electrons. The number of ether oxygens (including phenoxy) is 12. The van der Waals surface area contributed by atoms with Gasteiger partial charge >= 0.3 is 5.97 Å². The Morgan fingerprint density at radius 1 is 0.453 bits per heavy atom. The second-order valence-electron chi connectivity index (χ2n) is 10.6. The molecule has 1 saturated heterocycles. The van der Waals surface area contributed by atoms with Crippen LogP contribution >= 0.6 is 22.6 Å². The number of imide groups is 1. The van der Waals surface area contributed by atoms with Crippen LogP contribution in [0.15, 0.2) is 0 Å². The minimum atomic E-state index is -0.702. The van der Waals surface area contributed by atoms with Crippen molar-refractivity contribution in [1.29, 1.82) is 0 Å². The molecular formula is C33H59IN2O17. The minimum Gasteiger partial charge on any atom is -0.378 e. The van der Waals surface area contributed by atoms with E-state index >= 15 is 0 Å². The van der Waals surface area contributed by atoms with Crippen LogP contribution in [-0.4, -0.2) is 198 Å². The second kappa shape index (κ2) is 38.6. The van der Waals surface area contributed by atoms with E-state index in [1.165, 1.54) is 0 Å². The molecule has 0 aromatic carbocycles. The number of nitrogens with one attached hydrogen (secondary N) is 1. The Hall–Kier alpha value is -1.67. The summed E-state index contributed by atoms with van der Waals surface area (Å²) in [6, 6.07) is 0. The van der Waals surface area contributed by atoms with Crippen LogP contribution < -0.4 is 5.32 Å². The number of carbonyl (C=O) groups is 4. The standard InChI is InChI=1S/C33H59IN2O17/c34-29-30(37)35-4-6-42-8-10-44-12-14-46-16-18-48-20-22-50-24-26-52-28-27-51-25-23-49-21-19-47-17-15-45-13-11-43-9-7-41-5-3-33(40)53-36-31(38)1-2-32(36)39/h1-29H2,(H,35,37). The number of amides is 3. The van der Waals surface area contributed by atoms with E-state index in [9.17, 15) is 19.2 Å². The van der Waals surface area contributed by atoms with Crippen molar-refractivity contribution in [3.8, 4) is 0 Å². The number of hydroxylamine groups is 2. The first-order valence-electron chi connectivity index (χ1n) is 17.9. The highest BCUT2D eigenvalue weighted by molar-refractivity contribution is 14.1. The molecule has 1 fully saturated rings. The third-order valence-corrected chi connectivity index (χ3v) is 7.12. The summed E-state index contributed by atoms with van der Waals surface area (Å²) in [6.45, 7) is 10.9. The smallest absolute Gasteiger partial charge is 0.335 e. The first-order valence-corrected chi connectivity index (χ1v) is 19.4. The maximum atomic E-state index is 11.7. The molecule has 19 nitrogen and oxygen atoms in total. The number of halogens is 1. The Labute approximate surface area is 325 Å². The van der Waals surface area contributed by atoms with E-state index in [1.807, 2.05) is 22.6 Å². The van der Waals surface area contributed by atoms with E-state index in [-0.39, 0.29) is 38.4 Å². The highest BCUT2D eigenvalue weighted by atomic mass is 127. The van der Waals surface area contributed by atoms with Gasteiger partial charge in [-0.05, 0) is 0 Å². The molecule has 1 aliphatic heterocycles. The van der Waals surface area contributed by atoms with Crippen LogP contribution in [0.4, 0.5) is 0 Å². The van der Waals surface area contributed by atoms with Crippen molar-refractivity contribution in [1.82, 2.24) is 10.4 Å². The van der Waals surface area contributed by atoms with Gasteiger partial charge in [0.2, 0.25) is 5.91 Å². The largest absolute Gasteiger partial charge is 0.378 e. The molecule has 0 aromatic rings. The van der Waals surface area contributed by atoms with E-state index in [4.69, 9.17) is 61.7 Å². The van der Waals surface area contributed by atoms with E-state index in [0.29, 0.717) is 161 Å². The Kier molecular flexibility index (Phi) is 35.9. The molecule has 0 unspecified atom stereocenters. The summed E-state index contributed by atoms with van der Waals surface area (Å²) in [5.41, 5.74) is 0. The van der Waals surface area contributed by atoms with E-state index in [1.54, 1.807) is 0 Å². The minimum absolute atomic E-state index is 0.00467. The summed E-state index contributed by atoms with van der Waals surface area (Å²) in [4.78, 5) is 50.3. The lowest BCUT2D eigenvalue weighted by atomic mass is 10.4. The van der Waals surface area contributed by atoms with Gasteiger partial charge in [0.05, 0.1) is 169 Å². The van der Waals surface area contributed by atoms with Gasteiger partial charge in [0.15, 0.2) is 0 Å². The van der Waals surface area contributed by atoms with Crippen molar-refractivity contribution >= 4 is 46.3 Å². The normalized spacial score (nSPS) is 13.0. The summed E-state index contributed by atoms with van der Waals surface area (Å²) >= 11 is 2.01. The lowest BCUT2D eigenvalue weighted by Gasteiger charge is -2.12. The van der Waals surface area contributed by atoms with Gasteiger partial charge in [-0.3, -0.25) is 14.4 Å². The maximum absolute atomic E-state index is 11.7. The molecule has 0 radical (unpaired) electrons. The number of nitrogens with zero attached hydrogens (tertiary/aromatic N) is 1. The Balaban J connectivity index is 1.64. The fraction of sp³-hybridized carbons (Fsp3) is 0.879. The van der Waals surface area contributed by atoms with Crippen molar-refractivity contribution in [3.05, 3.63) is 0 Å². The summed E-state index contributed by atoms with van der Waals surface area (Å²) in [5, 5.41) is 3.25. The summed E-state index contributed by atoms with van der Waals surface area (Å²) in [5.74, 6) is -1.72. The fourth-order valence-electron chi connectivity index (χ4n) is 3.79. The lowest BCUT2D eigenvalue weighted by Crippen LogP contribution is -2.32. The van der Waals surface area contributed by atoms with E-state index < -0.39 is 17.8 Å². The van der Waals surface area contributed by atoms with Gasteiger partial charge in [0.1, 0.15) is 0 Å². The molecule has 20 heteroatoms. The van der Waals surface area contributed by atoms with Crippen LogP contribution in [0, 0.1) is 0 Å². The van der Waals surface area contributed by atoms with Gasteiger partial charge in [-0.1, -0.05) is 22.6 Å². The van der Waals surface area contributed by atoms with Crippen LogP contribution in [0.5, 0.6) is 0 Å². The molecule has 0 aliphatic carbocycles. The Morgan fingerprint density at radius 2 is 0.717 bits per heavy atom. The van der Waals surface area contributed by atoms with Crippen LogP contribution in [0.25, 0.3) is 0 Å². The van der Waals surface area contributed by atoms with Crippen molar-refractivity contribution in [3.63, 3.8) is 0 Å². The number of alkyl halides is 1. The quantitative estimate of drug-likeness (QED) is 0.0364. The predicted molar refractivity (Wildman–Crippen MR) is 194 cm³/mol. The zero-order valence-corrected chi connectivity index (χ0v) is 32.9. The average molecular weight is 883 g/mol. The van der Waals surface area contributed by atoms with Crippen molar-refractivity contribution in [2.75, 3.05) is 170 Å². The first kappa shape index (κ1) is 49.3. The van der Waals surface area contributed by atoms with Crippen LogP contribution in [-0.2, 0) is 80.9 Å². The number of hydrogen-bond donors (Lipinski definition) is 1. The molecule has 0 aromatic heterocycles. The SMILES string of the molecule is O=C(CI)NCCOCCOCCOCCOCCOCCOCCOCCOCCOCCOCCOCCOCCC(=O)ON1C(=O)CCC1=O. The fourth-order valence-corrected chi connectivity index (χ4v) is 4.06. The molecule has 1 aliphatic rings. The monoisotopic (exact) mass is 882 g/mol. The van der Waals surface area contributed by atoms with Gasteiger partial charge in [-0.25, -0.2) is 4.79 Å². The number of carbonyl (C=O) groups excluding carboxylic acids is 4. The third-order valence-electron chi connectivity index (χ3n) is 6.43. The third kappa shape index (κ3) is 33.4. The van der Waals surface area contributed by atoms with Gasteiger partial charge in [0, 0.05) is 19.4 Å². The van der Waals surface area contributed by atoms with Crippen LogP contribution in [0.3, 0.4) is 0 Å². The van der Waals surface area contributed by atoms with Gasteiger partial charge in [0.25, 0.3) is 11.8 Å². The average Bonchev–Trinajstić information content (AvgIpc) is 3.47. The van der Waals surface area contributed by atoms with E-state index in [2.05, 4.69) is 5.32 Å². The molecule has 0 atom stereocenters. The molecule has 53 heavy (non-hydrogen) atoms. The van der Waals surface area contributed by atoms with Crippen molar-refractivity contribution in [2.45, 2.75) is 19.3 Å². The van der Waals surface area contributed by atoms with Gasteiger partial charge < -0.3 is 67.0 Å². The topological polar surface area (TPSA) is 204 Å². The Morgan fingerprint density at radius 3 is 1.00 bits per heavy atom. The Bertz CT molecular complexity index is 892. The molecule has 1 N–H and O–H groups in total. The van der Waals surface area contributed by atoms with Crippen molar-refractivity contribution < 1.29 is 80.9 Å². The summed E-state index contributed by atoms with van der Waals surface area (Å²) < 4.78 is 65.5. The predicted octanol–water partition coefficient (Wildman–Crippen LogP) is -0.266. The molecule has 1 rings (SSSR count). The second-order valence-corrected chi connectivity index (χ2v) is 11.4. The highest BCUT2D eigenvalue weighted by Gasteiger charge is 2.32. The number of rotatable bonds is 41. The van der Waals surface area contributed by atoms with Crippen LogP contribution in [0.2, 0.25) is 0 Å². The van der Waals surface area contributed by atoms with Gasteiger partial charge in [-0.2, -0.15) is 0 Å². The lowest BCUT2D eigenvalue weighted by molar-refractivity contribution is -0.198. The highest BCUT2D eigenvalue weighted by Crippen LogP contribution is 2.12. The summed E-state index contributed by atoms with van der Waals surface area (Å²) in [6.07, 6.45) is 0.0353. The molecule has 0 saturated carbocycles. The molecule has 0 spiro atoms. The summed E-state index contributed by atoms with van der Waals surface area (Å²) in [7, 11) is 0. The maximum Gasteiger partial charge on any atom is 0.335 e. The number of hydrogen-bond acceptors (Lipinski definition) is 17. The first-order chi connectivity index (χ1) is 26.0.